The topological polar surface area (TPSA) is 33.7 Å². The first-order valence-electron chi connectivity index (χ1n) is 7.75. The summed E-state index contributed by atoms with van der Waals surface area (Å²) in [6, 6.07) is 9.25. The molecule has 1 aliphatic rings. The minimum atomic E-state index is 0.176. The van der Waals surface area contributed by atoms with Crippen LogP contribution in [0.25, 0.3) is 0 Å². The zero-order valence-electron chi connectivity index (χ0n) is 13.6. The van der Waals surface area contributed by atoms with Crippen LogP contribution in [-0.4, -0.2) is 58.0 Å². The van der Waals surface area contributed by atoms with Crippen molar-refractivity contribution in [3.8, 4) is 0 Å². The van der Waals surface area contributed by atoms with Gasteiger partial charge in [-0.3, -0.25) is 4.90 Å². The maximum Gasteiger partial charge on any atom is 0.0971 e. The predicted molar refractivity (Wildman–Crippen MR) is 85.7 cm³/mol. The molecule has 0 radical (unpaired) electrons. The van der Waals surface area contributed by atoms with Crippen LogP contribution in [0.15, 0.2) is 24.3 Å². The van der Waals surface area contributed by atoms with Crippen molar-refractivity contribution in [1.82, 2.24) is 10.2 Å². The van der Waals surface area contributed by atoms with Gasteiger partial charge in [0.25, 0.3) is 0 Å². The first-order valence-corrected chi connectivity index (χ1v) is 7.75. The average Bonchev–Trinajstić information content (AvgIpc) is 2.94. The molecule has 1 aromatic rings. The standard InChI is InChI=1S/C17H28N2O2/c1-5-13-6-8-14(9-7-13)15(18-2)10-19-11-16(20-3)17(12-19)21-4/h6-9,15-18H,5,10-12H2,1-4H3. The Morgan fingerprint density at radius 1 is 1.14 bits per heavy atom. The third-order valence-electron chi connectivity index (χ3n) is 4.48. The Balaban J connectivity index is 1.99. The lowest BCUT2D eigenvalue weighted by atomic mass is 10.0. The Morgan fingerprint density at radius 3 is 2.14 bits per heavy atom. The van der Waals surface area contributed by atoms with Gasteiger partial charge in [0.1, 0.15) is 0 Å². The third-order valence-corrected chi connectivity index (χ3v) is 4.48. The van der Waals surface area contributed by atoms with Gasteiger partial charge in [-0.05, 0) is 24.6 Å². The van der Waals surface area contributed by atoms with Crippen LogP contribution in [0.3, 0.4) is 0 Å². The average molecular weight is 292 g/mol. The second kappa shape index (κ2) is 7.90. The van der Waals surface area contributed by atoms with Crippen LogP contribution in [0.5, 0.6) is 0 Å². The maximum absolute atomic E-state index is 5.51. The number of benzene rings is 1. The number of hydrogen-bond acceptors (Lipinski definition) is 4. The van der Waals surface area contributed by atoms with E-state index >= 15 is 0 Å². The number of likely N-dealkylation sites (tertiary alicyclic amines) is 1. The SMILES string of the molecule is CCc1ccc(C(CN2CC(OC)C(OC)C2)NC)cc1. The van der Waals surface area contributed by atoms with Crippen LogP contribution in [-0.2, 0) is 15.9 Å². The number of likely N-dealkylation sites (N-methyl/N-ethyl adjacent to an activating group) is 1. The van der Waals surface area contributed by atoms with E-state index < -0.39 is 0 Å². The fourth-order valence-corrected chi connectivity index (χ4v) is 3.03. The van der Waals surface area contributed by atoms with Crippen LogP contribution in [0.4, 0.5) is 0 Å². The quantitative estimate of drug-likeness (QED) is 0.832. The van der Waals surface area contributed by atoms with Crippen molar-refractivity contribution in [1.29, 1.82) is 0 Å². The second-order valence-corrected chi connectivity index (χ2v) is 5.70. The number of rotatable bonds is 7. The van der Waals surface area contributed by atoms with Crippen molar-refractivity contribution in [3.63, 3.8) is 0 Å². The summed E-state index contributed by atoms with van der Waals surface area (Å²) in [6.07, 6.45) is 1.44. The molecular weight excluding hydrogens is 264 g/mol. The summed E-state index contributed by atoms with van der Waals surface area (Å²) in [6.45, 7) is 5.02. The van der Waals surface area contributed by atoms with E-state index in [0.717, 1.165) is 26.1 Å². The van der Waals surface area contributed by atoms with Crippen molar-refractivity contribution < 1.29 is 9.47 Å². The molecule has 1 aliphatic heterocycles. The molecular formula is C17H28N2O2. The van der Waals surface area contributed by atoms with Gasteiger partial charge in [0.2, 0.25) is 0 Å². The molecule has 4 nitrogen and oxygen atoms in total. The van der Waals surface area contributed by atoms with E-state index in [0.29, 0.717) is 6.04 Å². The van der Waals surface area contributed by atoms with Gasteiger partial charge in [-0.15, -0.1) is 0 Å². The van der Waals surface area contributed by atoms with E-state index in [4.69, 9.17) is 9.47 Å². The van der Waals surface area contributed by atoms with Gasteiger partial charge in [-0.1, -0.05) is 31.2 Å². The van der Waals surface area contributed by atoms with Gasteiger partial charge >= 0.3 is 0 Å². The monoisotopic (exact) mass is 292 g/mol. The molecule has 2 rings (SSSR count). The van der Waals surface area contributed by atoms with Crippen LogP contribution >= 0.6 is 0 Å². The molecule has 118 valence electrons. The molecule has 0 amide bonds. The summed E-state index contributed by atoms with van der Waals surface area (Å²) >= 11 is 0. The van der Waals surface area contributed by atoms with E-state index in [1.165, 1.54) is 11.1 Å². The summed E-state index contributed by atoms with van der Waals surface area (Å²) in [5.74, 6) is 0. The molecule has 1 saturated heterocycles. The summed E-state index contributed by atoms with van der Waals surface area (Å²) in [5.41, 5.74) is 2.72. The van der Waals surface area contributed by atoms with E-state index in [9.17, 15) is 0 Å². The van der Waals surface area contributed by atoms with E-state index in [2.05, 4.69) is 41.4 Å². The third kappa shape index (κ3) is 4.04. The molecule has 21 heavy (non-hydrogen) atoms. The first kappa shape index (κ1) is 16.4. The summed E-state index contributed by atoms with van der Waals surface area (Å²) in [7, 11) is 5.55. The van der Waals surface area contributed by atoms with Crippen LogP contribution in [0.2, 0.25) is 0 Å². The molecule has 3 unspecified atom stereocenters. The summed E-state index contributed by atoms with van der Waals surface area (Å²) in [5, 5.41) is 3.43. The highest BCUT2D eigenvalue weighted by atomic mass is 16.5. The van der Waals surface area contributed by atoms with Gasteiger partial charge in [-0.25, -0.2) is 0 Å². The van der Waals surface area contributed by atoms with Crippen LogP contribution in [0.1, 0.15) is 24.1 Å². The fraction of sp³-hybridized carbons (Fsp3) is 0.647. The second-order valence-electron chi connectivity index (χ2n) is 5.70. The predicted octanol–water partition coefficient (Wildman–Crippen LogP) is 1.86. The molecule has 3 atom stereocenters. The number of hydrogen-bond donors (Lipinski definition) is 1. The Hall–Kier alpha value is -0.940. The lowest BCUT2D eigenvalue weighted by Crippen LogP contribution is -2.33. The molecule has 1 fully saturated rings. The lowest BCUT2D eigenvalue weighted by Gasteiger charge is -2.24. The molecule has 0 aromatic heterocycles. The maximum atomic E-state index is 5.51. The molecule has 4 heteroatoms. The minimum absolute atomic E-state index is 0.176. The summed E-state index contributed by atoms with van der Waals surface area (Å²) < 4.78 is 11.0. The van der Waals surface area contributed by atoms with Gasteiger partial charge < -0.3 is 14.8 Å². The molecule has 1 heterocycles. The number of methoxy groups -OCH3 is 2. The fourth-order valence-electron chi connectivity index (χ4n) is 3.03. The Kier molecular flexibility index (Phi) is 6.18. The highest BCUT2D eigenvalue weighted by Gasteiger charge is 2.33. The zero-order chi connectivity index (χ0) is 15.2. The number of aryl methyl sites for hydroxylation is 1. The van der Waals surface area contributed by atoms with Gasteiger partial charge in [0, 0.05) is 39.9 Å². The van der Waals surface area contributed by atoms with Crippen LogP contribution < -0.4 is 5.32 Å². The minimum Gasteiger partial charge on any atom is -0.377 e. The Labute approximate surface area is 128 Å². The number of nitrogens with one attached hydrogen (secondary N) is 1. The van der Waals surface area contributed by atoms with Crippen molar-refractivity contribution >= 4 is 0 Å². The van der Waals surface area contributed by atoms with E-state index in [1.807, 2.05) is 7.05 Å². The molecule has 0 bridgehead atoms. The molecule has 0 aliphatic carbocycles. The first-order chi connectivity index (χ1) is 10.2. The normalized spacial score (nSPS) is 24.4. The lowest BCUT2D eigenvalue weighted by molar-refractivity contribution is -0.00461. The van der Waals surface area contributed by atoms with Crippen molar-refractivity contribution in [2.45, 2.75) is 31.6 Å². The van der Waals surface area contributed by atoms with Crippen molar-refractivity contribution in [3.05, 3.63) is 35.4 Å². The largest absolute Gasteiger partial charge is 0.377 e. The highest BCUT2D eigenvalue weighted by Crippen LogP contribution is 2.21. The van der Waals surface area contributed by atoms with Gasteiger partial charge in [0.15, 0.2) is 0 Å². The Morgan fingerprint density at radius 2 is 1.71 bits per heavy atom. The molecule has 1 aromatic carbocycles. The van der Waals surface area contributed by atoms with E-state index in [-0.39, 0.29) is 12.2 Å². The van der Waals surface area contributed by atoms with Crippen LogP contribution in [0, 0.1) is 0 Å². The molecule has 1 N–H and O–H groups in total. The summed E-state index contributed by atoms with van der Waals surface area (Å²) in [4.78, 5) is 2.41. The van der Waals surface area contributed by atoms with E-state index in [1.54, 1.807) is 14.2 Å². The molecule has 0 spiro atoms. The highest BCUT2D eigenvalue weighted by molar-refractivity contribution is 5.25. The Bertz CT molecular complexity index is 409. The zero-order valence-corrected chi connectivity index (χ0v) is 13.6. The van der Waals surface area contributed by atoms with Crippen molar-refractivity contribution in [2.75, 3.05) is 40.9 Å². The smallest absolute Gasteiger partial charge is 0.0971 e. The number of nitrogens with zero attached hydrogens (tertiary/aromatic N) is 1. The number of ether oxygens (including phenoxy) is 2. The van der Waals surface area contributed by atoms with Gasteiger partial charge in [-0.2, -0.15) is 0 Å². The van der Waals surface area contributed by atoms with Gasteiger partial charge in [0.05, 0.1) is 12.2 Å². The van der Waals surface area contributed by atoms with Crippen molar-refractivity contribution in [2.24, 2.45) is 0 Å². The molecule has 0 saturated carbocycles.